The number of ether oxygens (including phenoxy) is 1. The molecule has 1 amide bonds. The normalized spacial score (nSPS) is 16.9. The van der Waals surface area contributed by atoms with Gasteiger partial charge in [0.15, 0.2) is 0 Å². The number of non-ortho nitro benzene ring substituents is 1. The Morgan fingerprint density at radius 1 is 1.22 bits per heavy atom. The Bertz CT molecular complexity index is 953. The minimum Gasteiger partial charge on any atom is -0.375 e. The lowest BCUT2D eigenvalue weighted by Gasteiger charge is -2.37. The maximum Gasteiger partial charge on any atom is 0.269 e. The van der Waals surface area contributed by atoms with Gasteiger partial charge in [0.05, 0.1) is 41.9 Å². The Labute approximate surface area is 187 Å². The number of nitriles is 1. The van der Waals surface area contributed by atoms with Crippen LogP contribution in [0.3, 0.4) is 0 Å². The first-order valence-corrected chi connectivity index (χ1v) is 10.8. The first kappa shape index (κ1) is 23.4. The lowest BCUT2D eigenvalue weighted by molar-refractivity contribution is -0.384. The Kier molecular flexibility index (Phi) is 8.31. The van der Waals surface area contributed by atoms with Gasteiger partial charge in [-0.05, 0) is 49.4 Å². The number of carbonyl (C=O) groups excluding carboxylic acids is 1. The summed E-state index contributed by atoms with van der Waals surface area (Å²) < 4.78 is 5.90. The van der Waals surface area contributed by atoms with Gasteiger partial charge in [0.25, 0.3) is 5.69 Å². The minimum atomic E-state index is -0.427. The van der Waals surface area contributed by atoms with Crippen molar-refractivity contribution in [3.63, 3.8) is 0 Å². The van der Waals surface area contributed by atoms with Crippen LogP contribution in [0.1, 0.15) is 42.9 Å². The van der Waals surface area contributed by atoms with Gasteiger partial charge in [-0.15, -0.1) is 0 Å². The van der Waals surface area contributed by atoms with Crippen LogP contribution in [0.15, 0.2) is 48.5 Å². The Balaban J connectivity index is 1.50. The number of benzene rings is 2. The lowest BCUT2D eigenvalue weighted by atomic mass is 10.0. The van der Waals surface area contributed by atoms with E-state index in [1.165, 1.54) is 12.1 Å². The molecule has 1 heterocycles. The SMILES string of the molecule is C[C@H](NCc1ccc([N+](=O)[O-])cc1)C(=O)N1CCCCC1COCc1ccc(C#N)cc1. The van der Waals surface area contributed by atoms with E-state index in [0.29, 0.717) is 31.9 Å². The first-order chi connectivity index (χ1) is 15.5. The number of nitrogens with one attached hydrogen (secondary N) is 1. The van der Waals surface area contributed by atoms with E-state index < -0.39 is 4.92 Å². The Hall–Kier alpha value is -3.28. The quantitative estimate of drug-likeness (QED) is 0.476. The van der Waals surface area contributed by atoms with Crippen LogP contribution in [-0.2, 0) is 22.7 Å². The van der Waals surface area contributed by atoms with Crippen molar-refractivity contribution in [1.82, 2.24) is 10.2 Å². The summed E-state index contributed by atoms with van der Waals surface area (Å²) in [6.45, 7) is 3.93. The zero-order chi connectivity index (χ0) is 22.9. The molecule has 2 aromatic carbocycles. The summed E-state index contributed by atoms with van der Waals surface area (Å²) in [5.41, 5.74) is 2.55. The van der Waals surface area contributed by atoms with E-state index >= 15 is 0 Å². The fourth-order valence-corrected chi connectivity index (χ4v) is 3.79. The van der Waals surface area contributed by atoms with Crippen molar-refractivity contribution < 1.29 is 14.5 Å². The molecule has 168 valence electrons. The van der Waals surface area contributed by atoms with Crippen molar-refractivity contribution in [2.75, 3.05) is 13.2 Å². The van der Waals surface area contributed by atoms with E-state index in [1.807, 2.05) is 24.0 Å². The number of rotatable bonds is 9. The summed E-state index contributed by atoms with van der Waals surface area (Å²) in [5, 5.41) is 22.9. The van der Waals surface area contributed by atoms with Gasteiger partial charge in [-0.1, -0.05) is 24.3 Å². The van der Waals surface area contributed by atoms with Gasteiger partial charge < -0.3 is 15.0 Å². The van der Waals surface area contributed by atoms with Crippen molar-refractivity contribution in [2.45, 2.75) is 51.4 Å². The van der Waals surface area contributed by atoms with Crippen LogP contribution >= 0.6 is 0 Å². The van der Waals surface area contributed by atoms with Gasteiger partial charge in [0.1, 0.15) is 0 Å². The summed E-state index contributed by atoms with van der Waals surface area (Å²) in [6.07, 6.45) is 2.96. The summed E-state index contributed by atoms with van der Waals surface area (Å²) in [4.78, 5) is 25.3. The second kappa shape index (κ2) is 11.4. The van der Waals surface area contributed by atoms with Crippen molar-refractivity contribution in [2.24, 2.45) is 0 Å². The molecular weight excluding hydrogens is 408 g/mol. The third-order valence-electron chi connectivity index (χ3n) is 5.70. The van der Waals surface area contributed by atoms with Gasteiger partial charge in [-0.2, -0.15) is 5.26 Å². The number of amides is 1. The average molecular weight is 437 g/mol. The Morgan fingerprint density at radius 3 is 2.56 bits per heavy atom. The van der Waals surface area contributed by atoms with Crippen LogP contribution in [0.25, 0.3) is 0 Å². The van der Waals surface area contributed by atoms with Gasteiger partial charge in [-0.3, -0.25) is 14.9 Å². The van der Waals surface area contributed by atoms with Gasteiger partial charge in [-0.25, -0.2) is 0 Å². The maximum atomic E-state index is 13.1. The molecule has 1 fully saturated rings. The molecule has 2 aromatic rings. The van der Waals surface area contributed by atoms with E-state index in [-0.39, 0.29) is 23.7 Å². The average Bonchev–Trinajstić information content (AvgIpc) is 2.83. The van der Waals surface area contributed by atoms with E-state index in [2.05, 4.69) is 11.4 Å². The van der Waals surface area contributed by atoms with Crippen molar-refractivity contribution >= 4 is 11.6 Å². The molecule has 1 saturated heterocycles. The monoisotopic (exact) mass is 436 g/mol. The molecule has 0 aromatic heterocycles. The highest BCUT2D eigenvalue weighted by molar-refractivity contribution is 5.81. The van der Waals surface area contributed by atoms with Gasteiger partial charge >= 0.3 is 0 Å². The van der Waals surface area contributed by atoms with E-state index in [4.69, 9.17) is 10.00 Å². The van der Waals surface area contributed by atoms with Crippen LogP contribution in [0.5, 0.6) is 0 Å². The number of carbonyl (C=O) groups is 1. The van der Waals surface area contributed by atoms with Gasteiger partial charge in [0.2, 0.25) is 5.91 Å². The number of nitro benzene ring substituents is 1. The molecule has 1 N–H and O–H groups in total. The zero-order valence-electron chi connectivity index (χ0n) is 18.2. The minimum absolute atomic E-state index is 0.0401. The highest BCUT2D eigenvalue weighted by Crippen LogP contribution is 2.19. The van der Waals surface area contributed by atoms with E-state index in [9.17, 15) is 14.9 Å². The van der Waals surface area contributed by atoms with Crippen LogP contribution in [0, 0.1) is 21.4 Å². The second-order valence-electron chi connectivity index (χ2n) is 8.03. The second-order valence-corrected chi connectivity index (χ2v) is 8.03. The largest absolute Gasteiger partial charge is 0.375 e. The molecule has 1 aliphatic rings. The smallest absolute Gasteiger partial charge is 0.269 e. The zero-order valence-corrected chi connectivity index (χ0v) is 18.2. The number of nitro groups is 1. The lowest BCUT2D eigenvalue weighted by Crippen LogP contribution is -2.52. The van der Waals surface area contributed by atoms with Crippen LogP contribution < -0.4 is 5.32 Å². The fraction of sp³-hybridized carbons (Fsp3) is 0.417. The molecule has 0 aliphatic carbocycles. The van der Waals surface area contributed by atoms with Crippen LogP contribution in [-0.4, -0.2) is 41.0 Å². The molecule has 8 heteroatoms. The summed E-state index contributed by atoms with van der Waals surface area (Å²) in [6, 6.07) is 15.4. The van der Waals surface area contributed by atoms with E-state index in [1.54, 1.807) is 24.3 Å². The molecule has 0 saturated carbocycles. The number of nitrogens with zero attached hydrogens (tertiary/aromatic N) is 3. The highest BCUT2D eigenvalue weighted by atomic mass is 16.6. The molecule has 2 atom stereocenters. The predicted octanol–water partition coefficient (Wildman–Crippen LogP) is 3.54. The summed E-state index contributed by atoms with van der Waals surface area (Å²) in [5.74, 6) is 0.0404. The van der Waals surface area contributed by atoms with Crippen molar-refractivity contribution in [1.29, 1.82) is 5.26 Å². The fourth-order valence-electron chi connectivity index (χ4n) is 3.79. The number of hydrogen-bond donors (Lipinski definition) is 1. The van der Waals surface area contributed by atoms with Gasteiger partial charge in [0, 0.05) is 25.2 Å². The third kappa shape index (κ3) is 6.36. The molecule has 0 radical (unpaired) electrons. The molecule has 8 nitrogen and oxygen atoms in total. The molecule has 0 bridgehead atoms. The predicted molar refractivity (Wildman–Crippen MR) is 120 cm³/mol. The summed E-state index contributed by atoms with van der Waals surface area (Å²) >= 11 is 0. The van der Waals surface area contributed by atoms with Crippen molar-refractivity contribution in [3.05, 3.63) is 75.3 Å². The topological polar surface area (TPSA) is 108 Å². The molecule has 3 rings (SSSR count). The number of hydrogen-bond acceptors (Lipinski definition) is 6. The Morgan fingerprint density at radius 2 is 1.91 bits per heavy atom. The molecule has 1 aliphatic heterocycles. The molecule has 0 spiro atoms. The maximum absolute atomic E-state index is 13.1. The third-order valence-corrected chi connectivity index (χ3v) is 5.70. The molecule has 32 heavy (non-hydrogen) atoms. The standard InChI is InChI=1S/C24H28N4O4/c1-18(26-15-20-9-11-22(12-10-20)28(30)31)24(29)27-13-3-2-4-23(27)17-32-16-21-7-5-19(14-25)6-8-21/h5-12,18,23,26H,2-4,13,15-17H2,1H3/t18-,23?/m0/s1. The van der Waals surface area contributed by atoms with Crippen LogP contribution in [0.4, 0.5) is 5.69 Å². The molecule has 1 unspecified atom stereocenters. The number of piperidine rings is 1. The van der Waals surface area contributed by atoms with E-state index in [0.717, 1.165) is 30.4 Å². The molecular formula is C24H28N4O4. The number of likely N-dealkylation sites (tertiary alicyclic amines) is 1. The van der Waals surface area contributed by atoms with Crippen LogP contribution in [0.2, 0.25) is 0 Å². The summed E-state index contributed by atoms with van der Waals surface area (Å²) in [7, 11) is 0. The van der Waals surface area contributed by atoms with Crippen molar-refractivity contribution in [3.8, 4) is 6.07 Å². The highest BCUT2D eigenvalue weighted by Gasteiger charge is 2.29. The first-order valence-electron chi connectivity index (χ1n) is 10.8.